The van der Waals surface area contributed by atoms with E-state index in [1.54, 1.807) is 0 Å². The van der Waals surface area contributed by atoms with Crippen LogP contribution in [0, 0.1) is 0 Å². The number of benzene rings is 1. The van der Waals surface area contributed by atoms with E-state index < -0.39 is 0 Å². The summed E-state index contributed by atoms with van der Waals surface area (Å²) in [6.45, 7) is 9.47. The first kappa shape index (κ1) is 13.0. The molecule has 0 spiro atoms. The summed E-state index contributed by atoms with van der Waals surface area (Å²) < 4.78 is 12.2. The van der Waals surface area contributed by atoms with Crippen LogP contribution in [0.1, 0.15) is 33.3 Å². The van der Waals surface area contributed by atoms with E-state index in [1.807, 2.05) is 0 Å². The van der Waals surface area contributed by atoms with Gasteiger partial charge in [-0.2, -0.15) is 0 Å². The summed E-state index contributed by atoms with van der Waals surface area (Å²) in [5.74, 6) is 0. The largest absolute Gasteiger partial charge is 0.494 e. The van der Waals surface area contributed by atoms with Crippen molar-refractivity contribution in [3.05, 3.63) is 23.8 Å². The maximum Gasteiger partial charge on any atom is 0.494 e. The highest BCUT2D eigenvalue weighted by Crippen LogP contribution is 2.37. The zero-order valence-corrected chi connectivity index (χ0v) is 12.5. The molecule has 0 saturated carbocycles. The summed E-state index contributed by atoms with van der Waals surface area (Å²) in [5, 5.41) is 0. The molecular formula is C15H22BNO2. The maximum absolute atomic E-state index is 6.10. The van der Waals surface area contributed by atoms with Gasteiger partial charge in [0.25, 0.3) is 0 Å². The van der Waals surface area contributed by atoms with Crippen LogP contribution in [0.4, 0.5) is 5.69 Å². The summed E-state index contributed by atoms with van der Waals surface area (Å²) in [7, 11) is 1.89. The Morgan fingerprint density at radius 3 is 2.37 bits per heavy atom. The number of fused-ring (bicyclic) bond motifs is 1. The molecule has 4 heteroatoms. The lowest BCUT2D eigenvalue weighted by Crippen LogP contribution is -2.41. The molecule has 3 rings (SSSR count). The molecule has 1 saturated heterocycles. The molecule has 2 heterocycles. The lowest BCUT2D eigenvalue weighted by Gasteiger charge is -2.32. The van der Waals surface area contributed by atoms with Gasteiger partial charge in [-0.3, -0.25) is 0 Å². The summed E-state index contributed by atoms with van der Waals surface area (Å²) in [5.41, 5.74) is 3.32. The van der Waals surface area contributed by atoms with Crippen molar-refractivity contribution in [1.82, 2.24) is 0 Å². The zero-order chi connectivity index (χ0) is 13.8. The highest BCUT2D eigenvalue weighted by Gasteiger charge is 2.51. The van der Waals surface area contributed by atoms with Crippen molar-refractivity contribution in [1.29, 1.82) is 0 Å². The lowest BCUT2D eigenvalue weighted by molar-refractivity contribution is 0.00578. The van der Waals surface area contributed by atoms with Gasteiger partial charge in [0.15, 0.2) is 0 Å². The Hall–Kier alpha value is -0.995. The molecule has 0 bridgehead atoms. The Balaban J connectivity index is 1.89. The fraction of sp³-hybridized carbons (Fsp3) is 0.600. The van der Waals surface area contributed by atoms with Gasteiger partial charge in [-0.1, -0.05) is 12.1 Å². The van der Waals surface area contributed by atoms with E-state index in [0.717, 1.165) is 18.4 Å². The van der Waals surface area contributed by atoms with Crippen LogP contribution in [0.5, 0.6) is 0 Å². The Morgan fingerprint density at radius 1 is 1.11 bits per heavy atom. The predicted molar refractivity (Wildman–Crippen MR) is 79.1 cm³/mol. The molecule has 0 unspecified atom stereocenters. The van der Waals surface area contributed by atoms with Gasteiger partial charge < -0.3 is 14.2 Å². The van der Waals surface area contributed by atoms with Gasteiger partial charge >= 0.3 is 7.12 Å². The number of likely N-dealkylation sites (N-methyl/N-ethyl adjacent to an activating group) is 1. The Kier molecular flexibility index (Phi) is 2.74. The number of nitrogens with zero attached hydrogens (tertiary/aromatic N) is 1. The van der Waals surface area contributed by atoms with Crippen molar-refractivity contribution >= 4 is 18.3 Å². The van der Waals surface area contributed by atoms with Crippen molar-refractivity contribution in [2.45, 2.75) is 45.3 Å². The van der Waals surface area contributed by atoms with Crippen LogP contribution in [0.15, 0.2) is 18.2 Å². The monoisotopic (exact) mass is 259 g/mol. The minimum absolute atomic E-state index is 0.249. The molecule has 0 aliphatic carbocycles. The second kappa shape index (κ2) is 4.00. The predicted octanol–water partition coefficient (Wildman–Crippen LogP) is 1.98. The van der Waals surface area contributed by atoms with E-state index in [9.17, 15) is 0 Å². The molecule has 0 atom stereocenters. The fourth-order valence-corrected chi connectivity index (χ4v) is 2.71. The second-order valence-corrected chi connectivity index (χ2v) is 6.65. The first-order valence-electron chi connectivity index (χ1n) is 7.00. The summed E-state index contributed by atoms with van der Waals surface area (Å²) in [6, 6.07) is 6.55. The van der Waals surface area contributed by atoms with Crippen LogP contribution in [0.3, 0.4) is 0 Å². The first-order chi connectivity index (χ1) is 8.80. The van der Waals surface area contributed by atoms with Crippen LogP contribution in [0.25, 0.3) is 0 Å². The standard InChI is InChI=1S/C15H22BNO2/c1-14(2)15(3,4)19-16(18-14)12-6-7-13-11(10-12)8-9-17(13)5/h6-7,10H,8-9H2,1-5H3. The molecule has 1 aromatic carbocycles. The first-order valence-corrected chi connectivity index (χ1v) is 7.00. The molecule has 102 valence electrons. The smallest absolute Gasteiger partial charge is 0.399 e. The molecule has 2 aliphatic rings. The van der Waals surface area contributed by atoms with Gasteiger partial charge in [0.1, 0.15) is 0 Å². The molecule has 0 N–H and O–H groups in total. The van der Waals surface area contributed by atoms with E-state index in [4.69, 9.17) is 9.31 Å². The minimum atomic E-state index is -0.270. The molecule has 1 aromatic rings. The van der Waals surface area contributed by atoms with Crippen LogP contribution < -0.4 is 10.4 Å². The van der Waals surface area contributed by atoms with Crippen LogP contribution in [-0.2, 0) is 15.7 Å². The van der Waals surface area contributed by atoms with E-state index in [2.05, 4.69) is 57.8 Å². The van der Waals surface area contributed by atoms with E-state index in [0.29, 0.717) is 0 Å². The van der Waals surface area contributed by atoms with Gasteiger partial charge in [0, 0.05) is 19.3 Å². The Bertz CT molecular complexity index is 497. The third-order valence-corrected chi connectivity index (χ3v) is 4.76. The van der Waals surface area contributed by atoms with Gasteiger partial charge in [0.05, 0.1) is 11.2 Å². The van der Waals surface area contributed by atoms with E-state index in [-0.39, 0.29) is 18.3 Å². The molecule has 19 heavy (non-hydrogen) atoms. The van der Waals surface area contributed by atoms with Crippen molar-refractivity contribution in [2.24, 2.45) is 0 Å². The summed E-state index contributed by atoms with van der Waals surface area (Å²) >= 11 is 0. The highest BCUT2D eigenvalue weighted by molar-refractivity contribution is 6.62. The van der Waals surface area contributed by atoms with Crippen molar-refractivity contribution in [3.8, 4) is 0 Å². The van der Waals surface area contributed by atoms with Gasteiger partial charge in [0.2, 0.25) is 0 Å². The second-order valence-electron chi connectivity index (χ2n) is 6.65. The average Bonchev–Trinajstić information content (AvgIpc) is 2.78. The third-order valence-electron chi connectivity index (χ3n) is 4.76. The molecule has 0 radical (unpaired) electrons. The van der Waals surface area contributed by atoms with Crippen LogP contribution in [0.2, 0.25) is 0 Å². The van der Waals surface area contributed by atoms with Crippen molar-refractivity contribution < 1.29 is 9.31 Å². The molecule has 1 fully saturated rings. The van der Waals surface area contributed by atoms with Gasteiger partial charge in [-0.25, -0.2) is 0 Å². The fourth-order valence-electron chi connectivity index (χ4n) is 2.71. The minimum Gasteiger partial charge on any atom is -0.399 e. The van der Waals surface area contributed by atoms with Crippen LogP contribution in [-0.4, -0.2) is 31.9 Å². The third kappa shape index (κ3) is 1.98. The Labute approximate surface area is 116 Å². The number of anilines is 1. The Morgan fingerprint density at radius 2 is 1.74 bits per heavy atom. The maximum atomic E-state index is 6.10. The number of rotatable bonds is 1. The highest BCUT2D eigenvalue weighted by atomic mass is 16.7. The average molecular weight is 259 g/mol. The molecule has 0 amide bonds. The van der Waals surface area contributed by atoms with Gasteiger partial charge in [-0.15, -0.1) is 0 Å². The van der Waals surface area contributed by atoms with Crippen molar-refractivity contribution in [2.75, 3.05) is 18.5 Å². The normalized spacial score (nSPS) is 23.8. The van der Waals surface area contributed by atoms with E-state index >= 15 is 0 Å². The van der Waals surface area contributed by atoms with E-state index in [1.165, 1.54) is 11.3 Å². The lowest BCUT2D eigenvalue weighted by atomic mass is 9.78. The SMILES string of the molecule is CN1CCc2cc(B3OC(C)(C)C(C)(C)O3)ccc21. The zero-order valence-electron chi connectivity index (χ0n) is 12.5. The quantitative estimate of drug-likeness (QED) is 0.720. The van der Waals surface area contributed by atoms with Crippen molar-refractivity contribution in [3.63, 3.8) is 0 Å². The molecule has 0 aromatic heterocycles. The van der Waals surface area contributed by atoms with Crippen LogP contribution >= 0.6 is 0 Å². The molecule has 3 nitrogen and oxygen atoms in total. The molecule has 2 aliphatic heterocycles. The number of hydrogen-bond donors (Lipinski definition) is 0. The summed E-state index contributed by atoms with van der Waals surface area (Å²) in [4.78, 5) is 2.29. The van der Waals surface area contributed by atoms with Gasteiger partial charge in [-0.05, 0) is 51.2 Å². The topological polar surface area (TPSA) is 21.7 Å². The summed E-state index contributed by atoms with van der Waals surface area (Å²) in [6.07, 6.45) is 1.11. The molecular weight excluding hydrogens is 237 g/mol. The number of hydrogen-bond acceptors (Lipinski definition) is 3.